The standard InChI is InChI=1S/C17H25N3O3/c1-3-19(4-2)16(22)13-18-9-11-20(12-10-18)17(23)14-5-7-15(21)8-6-14/h5-8,21H,3-4,9-13H2,1-2H3. The third-order valence-corrected chi connectivity index (χ3v) is 4.25. The molecular formula is C17H25N3O3. The summed E-state index contributed by atoms with van der Waals surface area (Å²) >= 11 is 0. The van der Waals surface area contributed by atoms with Crippen molar-refractivity contribution >= 4 is 11.8 Å². The molecule has 1 saturated heterocycles. The number of aromatic hydroxyl groups is 1. The van der Waals surface area contributed by atoms with Crippen molar-refractivity contribution in [3.8, 4) is 5.75 Å². The van der Waals surface area contributed by atoms with Gasteiger partial charge >= 0.3 is 0 Å². The summed E-state index contributed by atoms with van der Waals surface area (Å²) in [6, 6.07) is 6.31. The van der Waals surface area contributed by atoms with Crippen LogP contribution in [-0.4, -0.2) is 77.4 Å². The first-order chi connectivity index (χ1) is 11.0. The number of amides is 2. The van der Waals surface area contributed by atoms with Crippen molar-refractivity contribution in [2.75, 3.05) is 45.8 Å². The number of hydrogen-bond acceptors (Lipinski definition) is 4. The predicted octanol–water partition coefficient (Wildman–Crippen LogP) is 1.02. The smallest absolute Gasteiger partial charge is 0.253 e. The van der Waals surface area contributed by atoms with E-state index in [-0.39, 0.29) is 17.6 Å². The Morgan fingerprint density at radius 2 is 1.61 bits per heavy atom. The summed E-state index contributed by atoms with van der Waals surface area (Å²) in [7, 11) is 0. The van der Waals surface area contributed by atoms with E-state index in [1.54, 1.807) is 17.0 Å². The number of phenolic OH excluding ortho intramolecular Hbond substituents is 1. The minimum atomic E-state index is -0.0280. The second kappa shape index (κ2) is 7.97. The largest absolute Gasteiger partial charge is 0.508 e. The topological polar surface area (TPSA) is 64.1 Å². The number of phenols is 1. The van der Waals surface area contributed by atoms with E-state index < -0.39 is 0 Å². The van der Waals surface area contributed by atoms with Gasteiger partial charge < -0.3 is 14.9 Å². The molecule has 0 bridgehead atoms. The normalized spacial score (nSPS) is 15.5. The van der Waals surface area contributed by atoms with Crippen LogP contribution in [0.1, 0.15) is 24.2 Å². The molecule has 1 aromatic rings. The zero-order valence-electron chi connectivity index (χ0n) is 13.9. The van der Waals surface area contributed by atoms with E-state index in [4.69, 9.17) is 0 Å². The minimum Gasteiger partial charge on any atom is -0.508 e. The van der Waals surface area contributed by atoms with Gasteiger partial charge in [-0.25, -0.2) is 0 Å². The minimum absolute atomic E-state index is 0.0280. The number of likely N-dealkylation sites (N-methyl/N-ethyl adjacent to an activating group) is 1. The Morgan fingerprint density at radius 1 is 1.04 bits per heavy atom. The van der Waals surface area contributed by atoms with Gasteiger partial charge in [0.25, 0.3) is 5.91 Å². The fourth-order valence-corrected chi connectivity index (χ4v) is 2.76. The van der Waals surface area contributed by atoms with Gasteiger partial charge in [0.1, 0.15) is 5.75 Å². The first-order valence-corrected chi connectivity index (χ1v) is 8.13. The number of hydrogen-bond donors (Lipinski definition) is 1. The summed E-state index contributed by atoms with van der Waals surface area (Å²) in [4.78, 5) is 30.2. The van der Waals surface area contributed by atoms with Gasteiger partial charge in [0.15, 0.2) is 0 Å². The van der Waals surface area contributed by atoms with Crippen LogP contribution in [0.5, 0.6) is 5.75 Å². The first-order valence-electron chi connectivity index (χ1n) is 8.13. The summed E-state index contributed by atoms with van der Waals surface area (Å²) in [6.45, 7) is 8.49. The molecule has 1 aliphatic heterocycles. The lowest BCUT2D eigenvalue weighted by atomic mass is 10.1. The third kappa shape index (κ3) is 4.45. The molecule has 6 nitrogen and oxygen atoms in total. The van der Waals surface area contributed by atoms with Crippen LogP contribution in [0.3, 0.4) is 0 Å². The number of piperazine rings is 1. The number of carbonyl (C=O) groups is 2. The summed E-state index contributed by atoms with van der Waals surface area (Å²) < 4.78 is 0. The Kier molecular flexibility index (Phi) is 5.98. The molecule has 1 fully saturated rings. The van der Waals surface area contributed by atoms with E-state index >= 15 is 0 Å². The fraction of sp³-hybridized carbons (Fsp3) is 0.529. The monoisotopic (exact) mass is 319 g/mol. The predicted molar refractivity (Wildman–Crippen MR) is 88.4 cm³/mol. The molecule has 1 N–H and O–H groups in total. The van der Waals surface area contributed by atoms with Crippen molar-refractivity contribution < 1.29 is 14.7 Å². The Labute approximate surface area is 137 Å². The fourth-order valence-electron chi connectivity index (χ4n) is 2.76. The quantitative estimate of drug-likeness (QED) is 0.880. The van der Waals surface area contributed by atoms with Crippen LogP contribution in [-0.2, 0) is 4.79 Å². The highest BCUT2D eigenvalue weighted by molar-refractivity contribution is 5.94. The van der Waals surface area contributed by atoms with Crippen LogP contribution in [0.15, 0.2) is 24.3 Å². The molecule has 0 spiro atoms. The Bertz CT molecular complexity index is 533. The lowest BCUT2D eigenvalue weighted by Gasteiger charge is -2.35. The van der Waals surface area contributed by atoms with Crippen LogP contribution >= 0.6 is 0 Å². The molecule has 0 atom stereocenters. The van der Waals surface area contributed by atoms with Gasteiger partial charge in [-0.1, -0.05) is 0 Å². The second-order valence-electron chi connectivity index (χ2n) is 5.68. The zero-order valence-corrected chi connectivity index (χ0v) is 13.9. The summed E-state index contributed by atoms with van der Waals surface area (Å²) in [5, 5.41) is 9.29. The molecule has 2 rings (SSSR count). The zero-order chi connectivity index (χ0) is 16.8. The maximum Gasteiger partial charge on any atom is 0.253 e. The molecule has 0 saturated carbocycles. The van der Waals surface area contributed by atoms with Gasteiger partial charge in [0.05, 0.1) is 6.54 Å². The molecule has 6 heteroatoms. The SMILES string of the molecule is CCN(CC)C(=O)CN1CCN(C(=O)c2ccc(O)cc2)CC1. The van der Waals surface area contributed by atoms with Gasteiger partial charge in [-0.2, -0.15) is 0 Å². The van der Waals surface area contributed by atoms with Crippen LogP contribution in [0.4, 0.5) is 0 Å². The van der Waals surface area contributed by atoms with E-state index in [9.17, 15) is 14.7 Å². The Morgan fingerprint density at radius 3 is 2.13 bits per heavy atom. The number of benzene rings is 1. The van der Waals surface area contributed by atoms with Gasteiger partial charge in [0, 0.05) is 44.8 Å². The van der Waals surface area contributed by atoms with Crippen molar-refractivity contribution in [2.24, 2.45) is 0 Å². The van der Waals surface area contributed by atoms with Crippen LogP contribution in [0.25, 0.3) is 0 Å². The molecule has 0 aromatic heterocycles. The third-order valence-electron chi connectivity index (χ3n) is 4.25. The van der Waals surface area contributed by atoms with Crippen molar-refractivity contribution in [2.45, 2.75) is 13.8 Å². The summed E-state index contributed by atoms with van der Waals surface area (Å²) in [5.74, 6) is 0.273. The highest BCUT2D eigenvalue weighted by atomic mass is 16.3. The van der Waals surface area contributed by atoms with E-state index in [1.807, 2.05) is 18.7 Å². The van der Waals surface area contributed by atoms with Gasteiger partial charge in [-0.15, -0.1) is 0 Å². The van der Waals surface area contributed by atoms with Crippen LogP contribution < -0.4 is 0 Å². The highest BCUT2D eigenvalue weighted by Crippen LogP contribution is 2.13. The summed E-state index contributed by atoms with van der Waals surface area (Å²) in [6.07, 6.45) is 0. The Hall–Kier alpha value is -2.08. The molecular weight excluding hydrogens is 294 g/mol. The molecule has 23 heavy (non-hydrogen) atoms. The Balaban J connectivity index is 1.85. The molecule has 1 aromatic carbocycles. The molecule has 0 unspecified atom stereocenters. The highest BCUT2D eigenvalue weighted by Gasteiger charge is 2.24. The van der Waals surface area contributed by atoms with E-state index in [1.165, 1.54) is 12.1 Å². The number of rotatable bonds is 5. The van der Waals surface area contributed by atoms with Gasteiger partial charge in [0.2, 0.25) is 5.91 Å². The number of nitrogens with zero attached hydrogens (tertiary/aromatic N) is 3. The van der Waals surface area contributed by atoms with Gasteiger partial charge in [-0.05, 0) is 38.1 Å². The maximum absolute atomic E-state index is 12.4. The lowest BCUT2D eigenvalue weighted by Crippen LogP contribution is -2.51. The van der Waals surface area contributed by atoms with E-state index in [0.717, 1.165) is 13.1 Å². The van der Waals surface area contributed by atoms with Crippen molar-refractivity contribution in [3.05, 3.63) is 29.8 Å². The molecule has 0 aliphatic carbocycles. The van der Waals surface area contributed by atoms with Crippen LogP contribution in [0.2, 0.25) is 0 Å². The van der Waals surface area contributed by atoms with E-state index in [0.29, 0.717) is 38.3 Å². The number of carbonyl (C=O) groups excluding carboxylic acids is 2. The van der Waals surface area contributed by atoms with Crippen molar-refractivity contribution in [1.29, 1.82) is 0 Å². The first kappa shape index (κ1) is 17.3. The van der Waals surface area contributed by atoms with Crippen molar-refractivity contribution in [1.82, 2.24) is 14.7 Å². The van der Waals surface area contributed by atoms with Gasteiger partial charge in [-0.3, -0.25) is 14.5 Å². The van der Waals surface area contributed by atoms with Crippen molar-refractivity contribution in [3.63, 3.8) is 0 Å². The lowest BCUT2D eigenvalue weighted by molar-refractivity contribution is -0.132. The molecule has 126 valence electrons. The molecule has 1 heterocycles. The molecule has 1 aliphatic rings. The maximum atomic E-state index is 12.4. The summed E-state index contributed by atoms with van der Waals surface area (Å²) in [5.41, 5.74) is 0.579. The molecule has 0 radical (unpaired) electrons. The second-order valence-corrected chi connectivity index (χ2v) is 5.68. The molecule has 2 amide bonds. The van der Waals surface area contributed by atoms with E-state index in [2.05, 4.69) is 4.90 Å². The average molecular weight is 319 g/mol. The van der Waals surface area contributed by atoms with Crippen LogP contribution in [0, 0.1) is 0 Å². The average Bonchev–Trinajstić information content (AvgIpc) is 2.57.